The molecule has 0 aliphatic carbocycles. The molecular weight excluding hydrogens is 176 g/mol. The summed E-state index contributed by atoms with van der Waals surface area (Å²) in [5.74, 6) is 0.308. The number of rotatable bonds is 1. The normalized spacial score (nSPS) is 10.4. The molecule has 0 atom stereocenters. The molecule has 0 aromatic carbocycles. The zero-order valence-corrected chi connectivity index (χ0v) is 8.20. The van der Waals surface area contributed by atoms with E-state index in [1.165, 1.54) is 5.56 Å². The second kappa shape index (κ2) is 3.14. The van der Waals surface area contributed by atoms with Gasteiger partial charge in [-0.25, -0.2) is 9.97 Å². The number of aromatic amines is 1. The number of nitrogens with zero attached hydrogens (tertiary/aromatic N) is 2. The van der Waals surface area contributed by atoms with Gasteiger partial charge in [-0.15, -0.1) is 0 Å². The van der Waals surface area contributed by atoms with E-state index < -0.39 is 0 Å². The van der Waals surface area contributed by atoms with Gasteiger partial charge in [0.2, 0.25) is 5.95 Å². The van der Waals surface area contributed by atoms with Gasteiger partial charge in [-0.3, -0.25) is 0 Å². The Balaban J connectivity index is 2.59. The number of nitrogens with two attached hydrogens (primary N) is 1. The molecule has 72 valence electrons. The van der Waals surface area contributed by atoms with Crippen LogP contribution in [0.4, 0.5) is 5.95 Å². The van der Waals surface area contributed by atoms with Crippen molar-refractivity contribution in [1.29, 1.82) is 0 Å². The van der Waals surface area contributed by atoms with Crippen molar-refractivity contribution in [2.45, 2.75) is 13.8 Å². The Kier molecular flexibility index (Phi) is 1.96. The van der Waals surface area contributed by atoms with Crippen LogP contribution in [0, 0.1) is 13.8 Å². The van der Waals surface area contributed by atoms with E-state index >= 15 is 0 Å². The summed E-state index contributed by atoms with van der Waals surface area (Å²) in [6.45, 7) is 4.05. The first-order valence-electron chi connectivity index (χ1n) is 4.42. The predicted octanol–water partition coefficient (Wildman–Crippen LogP) is 1.67. The van der Waals surface area contributed by atoms with E-state index in [9.17, 15) is 0 Å². The highest BCUT2D eigenvalue weighted by atomic mass is 15.0. The number of aromatic nitrogens is 3. The van der Waals surface area contributed by atoms with Gasteiger partial charge in [0.1, 0.15) is 0 Å². The molecule has 0 radical (unpaired) electrons. The maximum Gasteiger partial charge on any atom is 0.220 e. The summed E-state index contributed by atoms with van der Waals surface area (Å²) in [5, 5.41) is 0. The lowest BCUT2D eigenvalue weighted by atomic mass is 10.1. The molecule has 2 heterocycles. The molecule has 0 unspecified atom stereocenters. The topological polar surface area (TPSA) is 67.6 Å². The Bertz CT molecular complexity index is 439. The summed E-state index contributed by atoms with van der Waals surface area (Å²) in [6.07, 6.45) is 3.63. The average Bonchev–Trinajstić information content (AvgIpc) is 2.46. The van der Waals surface area contributed by atoms with Crippen molar-refractivity contribution in [3.8, 4) is 11.3 Å². The summed E-state index contributed by atoms with van der Waals surface area (Å²) >= 11 is 0. The summed E-state index contributed by atoms with van der Waals surface area (Å²) in [4.78, 5) is 11.2. The number of anilines is 1. The molecule has 0 aliphatic rings. The van der Waals surface area contributed by atoms with E-state index in [2.05, 4.69) is 15.0 Å². The number of hydrogen-bond acceptors (Lipinski definition) is 3. The molecule has 0 aliphatic heterocycles. The number of nitrogen functional groups attached to an aromatic ring is 1. The molecule has 0 spiro atoms. The minimum Gasteiger partial charge on any atom is -0.368 e. The van der Waals surface area contributed by atoms with E-state index in [1.54, 1.807) is 6.20 Å². The molecule has 0 saturated carbocycles. The summed E-state index contributed by atoms with van der Waals surface area (Å²) < 4.78 is 0. The van der Waals surface area contributed by atoms with Crippen molar-refractivity contribution in [2.24, 2.45) is 0 Å². The second-order valence-corrected chi connectivity index (χ2v) is 3.27. The molecular formula is C10H12N4. The van der Waals surface area contributed by atoms with Crippen LogP contribution < -0.4 is 5.73 Å². The largest absolute Gasteiger partial charge is 0.368 e. The van der Waals surface area contributed by atoms with Crippen molar-refractivity contribution in [3.05, 3.63) is 29.7 Å². The van der Waals surface area contributed by atoms with Crippen molar-refractivity contribution in [2.75, 3.05) is 5.73 Å². The lowest BCUT2D eigenvalue weighted by Crippen LogP contribution is -1.95. The molecule has 14 heavy (non-hydrogen) atoms. The maximum atomic E-state index is 5.53. The molecule has 2 aromatic heterocycles. The highest BCUT2D eigenvalue weighted by Gasteiger charge is 2.08. The van der Waals surface area contributed by atoms with Crippen LogP contribution in [0.2, 0.25) is 0 Å². The average molecular weight is 188 g/mol. The molecule has 3 N–H and O–H groups in total. The van der Waals surface area contributed by atoms with Gasteiger partial charge < -0.3 is 10.7 Å². The number of aryl methyl sites for hydroxylation is 2. The van der Waals surface area contributed by atoms with Crippen LogP contribution in [0.1, 0.15) is 11.3 Å². The van der Waals surface area contributed by atoms with Crippen molar-refractivity contribution >= 4 is 5.95 Å². The van der Waals surface area contributed by atoms with Gasteiger partial charge in [0.25, 0.3) is 0 Å². The predicted molar refractivity (Wildman–Crippen MR) is 55.7 cm³/mol. The van der Waals surface area contributed by atoms with Gasteiger partial charge in [-0.05, 0) is 25.5 Å². The van der Waals surface area contributed by atoms with Gasteiger partial charge in [-0.2, -0.15) is 0 Å². The Labute approximate surface area is 82.2 Å². The number of hydrogen-bond donors (Lipinski definition) is 2. The second-order valence-electron chi connectivity index (χ2n) is 3.27. The standard InChI is InChI=1S/C10H12N4/c1-6-5-13-7(2)9(6)8-3-4-12-10(11)14-8/h3-5,13H,1-2H3,(H2,11,12,14). The Morgan fingerprint density at radius 1 is 1.36 bits per heavy atom. The van der Waals surface area contributed by atoms with Crippen LogP contribution in [0.25, 0.3) is 11.3 Å². The molecule has 2 rings (SSSR count). The monoisotopic (exact) mass is 188 g/mol. The summed E-state index contributed by atoms with van der Waals surface area (Å²) in [6, 6.07) is 1.86. The Morgan fingerprint density at radius 3 is 2.71 bits per heavy atom. The molecule has 4 heteroatoms. The van der Waals surface area contributed by atoms with Crippen LogP contribution in [-0.2, 0) is 0 Å². The lowest BCUT2D eigenvalue weighted by molar-refractivity contribution is 1.18. The van der Waals surface area contributed by atoms with Crippen molar-refractivity contribution in [1.82, 2.24) is 15.0 Å². The summed E-state index contributed by atoms with van der Waals surface area (Å²) in [5.41, 5.74) is 9.78. The third kappa shape index (κ3) is 1.35. The van der Waals surface area contributed by atoms with Gasteiger partial charge in [0, 0.05) is 23.7 Å². The third-order valence-corrected chi connectivity index (χ3v) is 2.20. The summed E-state index contributed by atoms with van der Waals surface area (Å²) in [7, 11) is 0. The fourth-order valence-electron chi connectivity index (χ4n) is 1.56. The van der Waals surface area contributed by atoms with Crippen LogP contribution in [0.5, 0.6) is 0 Å². The molecule has 0 amide bonds. The van der Waals surface area contributed by atoms with Gasteiger partial charge in [0.05, 0.1) is 5.69 Å². The van der Waals surface area contributed by atoms with Gasteiger partial charge in [0.15, 0.2) is 0 Å². The first kappa shape index (κ1) is 8.74. The highest BCUT2D eigenvalue weighted by Crippen LogP contribution is 2.24. The molecule has 0 bridgehead atoms. The van der Waals surface area contributed by atoms with Crippen molar-refractivity contribution in [3.63, 3.8) is 0 Å². The Morgan fingerprint density at radius 2 is 2.14 bits per heavy atom. The molecule has 0 fully saturated rings. The molecule has 2 aromatic rings. The highest BCUT2D eigenvalue weighted by molar-refractivity contribution is 5.66. The van der Waals surface area contributed by atoms with Gasteiger partial charge >= 0.3 is 0 Å². The first-order chi connectivity index (χ1) is 6.68. The fourth-order valence-corrected chi connectivity index (χ4v) is 1.56. The maximum absolute atomic E-state index is 5.53. The van der Waals surface area contributed by atoms with Crippen LogP contribution >= 0.6 is 0 Å². The van der Waals surface area contributed by atoms with E-state index in [4.69, 9.17) is 5.73 Å². The van der Waals surface area contributed by atoms with E-state index in [0.717, 1.165) is 17.0 Å². The quantitative estimate of drug-likeness (QED) is 0.715. The number of nitrogens with one attached hydrogen (secondary N) is 1. The van der Waals surface area contributed by atoms with E-state index in [1.807, 2.05) is 26.1 Å². The molecule has 4 nitrogen and oxygen atoms in total. The minimum atomic E-state index is 0.308. The van der Waals surface area contributed by atoms with E-state index in [-0.39, 0.29) is 0 Å². The number of H-pyrrole nitrogens is 1. The fraction of sp³-hybridized carbons (Fsp3) is 0.200. The zero-order chi connectivity index (χ0) is 10.1. The first-order valence-corrected chi connectivity index (χ1v) is 4.42. The lowest BCUT2D eigenvalue weighted by Gasteiger charge is -2.01. The third-order valence-electron chi connectivity index (χ3n) is 2.20. The molecule has 0 saturated heterocycles. The van der Waals surface area contributed by atoms with Gasteiger partial charge in [-0.1, -0.05) is 0 Å². The SMILES string of the molecule is Cc1c[nH]c(C)c1-c1ccnc(N)n1. The Hall–Kier alpha value is -1.84. The van der Waals surface area contributed by atoms with Crippen LogP contribution in [0.3, 0.4) is 0 Å². The zero-order valence-electron chi connectivity index (χ0n) is 8.20. The smallest absolute Gasteiger partial charge is 0.220 e. The van der Waals surface area contributed by atoms with Crippen LogP contribution in [0.15, 0.2) is 18.5 Å². The van der Waals surface area contributed by atoms with Crippen LogP contribution in [-0.4, -0.2) is 15.0 Å². The minimum absolute atomic E-state index is 0.308. The van der Waals surface area contributed by atoms with E-state index in [0.29, 0.717) is 5.95 Å². The van der Waals surface area contributed by atoms with Crippen molar-refractivity contribution < 1.29 is 0 Å².